The Morgan fingerprint density at radius 1 is 1.12 bits per heavy atom. The van der Waals surface area contributed by atoms with Crippen molar-refractivity contribution in [2.45, 2.75) is 63.9 Å². The molecule has 0 saturated heterocycles. The van der Waals surface area contributed by atoms with Crippen molar-refractivity contribution in [2.75, 3.05) is 13.1 Å². The zero-order valence-corrected chi connectivity index (χ0v) is 10.7. The number of hydrogen-bond donors (Lipinski definition) is 2. The molecule has 3 N–H and O–H groups in total. The second-order valence-electron chi connectivity index (χ2n) is 4.79. The van der Waals surface area contributed by atoms with E-state index in [2.05, 4.69) is 5.32 Å². The SMILES string of the molecule is NCCCNC(=O)OC1CCCCCCCC1. The Morgan fingerprint density at radius 3 is 2.29 bits per heavy atom. The maximum Gasteiger partial charge on any atom is 0.407 e. The van der Waals surface area contributed by atoms with Gasteiger partial charge in [0.25, 0.3) is 0 Å². The Labute approximate surface area is 104 Å². The zero-order valence-electron chi connectivity index (χ0n) is 10.7. The van der Waals surface area contributed by atoms with Crippen LogP contribution in [0, 0.1) is 0 Å². The van der Waals surface area contributed by atoms with Gasteiger partial charge in [0.05, 0.1) is 0 Å². The second-order valence-corrected chi connectivity index (χ2v) is 4.79. The van der Waals surface area contributed by atoms with Crippen molar-refractivity contribution < 1.29 is 9.53 Å². The summed E-state index contributed by atoms with van der Waals surface area (Å²) in [6.45, 7) is 1.21. The fourth-order valence-corrected chi connectivity index (χ4v) is 2.20. The smallest absolute Gasteiger partial charge is 0.407 e. The van der Waals surface area contributed by atoms with E-state index in [-0.39, 0.29) is 12.2 Å². The summed E-state index contributed by atoms with van der Waals surface area (Å²) in [5, 5.41) is 2.74. The van der Waals surface area contributed by atoms with Crippen LogP contribution < -0.4 is 11.1 Å². The number of hydrogen-bond acceptors (Lipinski definition) is 3. The predicted octanol–water partition coefficient (Wildman–Crippen LogP) is 2.56. The van der Waals surface area contributed by atoms with Crippen molar-refractivity contribution in [3.8, 4) is 0 Å². The normalized spacial score (nSPS) is 18.9. The number of ether oxygens (including phenoxy) is 1. The molecule has 0 spiro atoms. The predicted molar refractivity (Wildman–Crippen MR) is 68.9 cm³/mol. The average molecular weight is 242 g/mol. The van der Waals surface area contributed by atoms with Crippen molar-refractivity contribution in [2.24, 2.45) is 5.73 Å². The van der Waals surface area contributed by atoms with Crippen molar-refractivity contribution in [3.05, 3.63) is 0 Å². The van der Waals surface area contributed by atoms with Gasteiger partial charge in [-0.2, -0.15) is 0 Å². The standard InChI is InChI=1S/C13H26N2O2/c14-10-7-11-15-13(16)17-12-8-5-3-1-2-4-6-9-12/h12H,1-11,14H2,(H,15,16). The lowest BCUT2D eigenvalue weighted by Crippen LogP contribution is -2.30. The maximum atomic E-state index is 11.5. The van der Waals surface area contributed by atoms with Gasteiger partial charge in [0.1, 0.15) is 6.10 Å². The van der Waals surface area contributed by atoms with Gasteiger partial charge in [0.15, 0.2) is 0 Å². The van der Waals surface area contributed by atoms with Gasteiger partial charge >= 0.3 is 6.09 Å². The molecule has 0 aromatic carbocycles. The number of rotatable bonds is 4. The number of amides is 1. The van der Waals surface area contributed by atoms with Crippen LogP contribution in [-0.2, 0) is 4.74 Å². The van der Waals surface area contributed by atoms with E-state index < -0.39 is 0 Å². The Hall–Kier alpha value is -0.770. The molecule has 0 atom stereocenters. The molecule has 0 aliphatic heterocycles. The number of nitrogens with two attached hydrogens (primary N) is 1. The van der Waals surface area contributed by atoms with Gasteiger partial charge in [0, 0.05) is 6.54 Å². The van der Waals surface area contributed by atoms with Crippen LogP contribution in [0.2, 0.25) is 0 Å². The molecular weight excluding hydrogens is 216 g/mol. The first-order valence-corrected chi connectivity index (χ1v) is 6.97. The highest BCUT2D eigenvalue weighted by molar-refractivity contribution is 5.67. The van der Waals surface area contributed by atoms with Crippen LogP contribution in [0.1, 0.15) is 57.8 Å². The molecule has 1 fully saturated rings. The van der Waals surface area contributed by atoms with Gasteiger partial charge in [-0.25, -0.2) is 4.79 Å². The van der Waals surface area contributed by atoms with E-state index >= 15 is 0 Å². The molecule has 1 saturated carbocycles. The van der Waals surface area contributed by atoms with E-state index in [1.165, 1.54) is 38.5 Å². The van der Waals surface area contributed by atoms with Crippen LogP contribution in [0.4, 0.5) is 4.79 Å². The first-order chi connectivity index (χ1) is 8.33. The van der Waals surface area contributed by atoms with E-state index in [1.54, 1.807) is 0 Å². The summed E-state index contributed by atoms with van der Waals surface area (Å²) in [5.41, 5.74) is 5.36. The van der Waals surface area contributed by atoms with Crippen LogP contribution in [0.5, 0.6) is 0 Å². The van der Waals surface area contributed by atoms with Gasteiger partial charge in [0.2, 0.25) is 0 Å². The van der Waals surface area contributed by atoms with E-state index in [0.29, 0.717) is 13.1 Å². The minimum atomic E-state index is -0.275. The largest absolute Gasteiger partial charge is 0.446 e. The van der Waals surface area contributed by atoms with Crippen LogP contribution in [0.15, 0.2) is 0 Å². The van der Waals surface area contributed by atoms with Crippen LogP contribution >= 0.6 is 0 Å². The van der Waals surface area contributed by atoms with Crippen LogP contribution in [0.25, 0.3) is 0 Å². The van der Waals surface area contributed by atoms with Gasteiger partial charge in [-0.3, -0.25) is 0 Å². The quantitative estimate of drug-likeness (QED) is 0.745. The number of nitrogens with one attached hydrogen (secondary N) is 1. The van der Waals surface area contributed by atoms with Crippen molar-refractivity contribution >= 4 is 6.09 Å². The highest BCUT2D eigenvalue weighted by Gasteiger charge is 2.14. The second kappa shape index (κ2) is 9.28. The van der Waals surface area contributed by atoms with E-state index in [9.17, 15) is 4.79 Å². The summed E-state index contributed by atoms with van der Waals surface area (Å²) in [6.07, 6.45) is 10.2. The molecule has 0 unspecified atom stereocenters. The average Bonchev–Trinajstić information content (AvgIpc) is 2.43. The molecule has 17 heavy (non-hydrogen) atoms. The van der Waals surface area contributed by atoms with Gasteiger partial charge < -0.3 is 15.8 Å². The molecule has 0 bridgehead atoms. The minimum absolute atomic E-state index is 0.117. The summed E-state index contributed by atoms with van der Waals surface area (Å²) in [6, 6.07) is 0. The van der Waals surface area contributed by atoms with Crippen LogP contribution in [0.3, 0.4) is 0 Å². The Kier molecular flexibility index (Phi) is 7.80. The third-order valence-electron chi connectivity index (χ3n) is 3.23. The molecule has 0 aromatic heterocycles. The van der Waals surface area contributed by atoms with Crippen molar-refractivity contribution in [1.29, 1.82) is 0 Å². The van der Waals surface area contributed by atoms with Crippen LogP contribution in [-0.4, -0.2) is 25.3 Å². The van der Waals surface area contributed by atoms with Gasteiger partial charge in [-0.1, -0.05) is 25.7 Å². The Morgan fingerprint density at radius 2 is 1.71 bits per heavy atom. The van der Waals surface area contributed by atoms with E-state index in [0.717, 1.165) is 19.3 Å². The minimum Gasteiger partial charge on any atom is -0.446 e. The molecule has 4 nitrogen and oxygen atoms in total. The van der Waals surface area contributed by atoms with E-state index in [4.69, 9.17) is 10.5 Å². The zero-order chi connectivity index (χ0) is 12.3. The fraction of sp³-hybridized carbons (Fsp3) is 0.923. The molecule has 100 valence electrons. The van der Waals surface area contributed by atoms with E-state index in [1.807, 2.05) is 0 Å². The lowest BCUT2D eigenvalue weighted by Gasteiger charge is -2.17. The fourth-order valence-electron chi connectivity index (χ4n) is 2.20. The first-order valence-electron chi connectivity index (χ1n) is 6.97. The molecule has 1 rings (SSSR count). The third-order valence-corrected chi connectivity index (χ3v) is 3.23. The number of alkyl carbamates (subject to hydrolysis) is 1. The molecule has 1 aliphatic rings. The lowest BCUT2D eigenvalue weighted by atomic mass is 10.1. The molecule has 0 aromatic rings. The topological polar surface area (TPSA) is 64.3 Å². The summed E-state index contributed by atoms with van der Waals surface area (Å²) >= 11 is 0. The summed E-state index contributed by atoms with van der Waals surface area (Å²) < 4.78 is 5.44. The molecular formula is C13H26N2O2. The number of carbonyl (C=O) groups is 1. The monoisotopic (exact) mass is 242 g/mol. The maximum absolute atomic E-state index is 11.5. The lowest BCUT2D eigenvalue weighted by molar-refractivity contribution is 0.0855. The molecule has 0 heterocycles. The summed E-state index contributed by atoms with van der Waals surface area (Å²) in [4.78, 5) is 11.5. The highest BCUT2D eigenvalue weighted by atomic mass is 16.6. The molecule has 4 heteroatoms. The molecule has 0 radical (unpaired) electrons. The Balaban J connectivity index is 2.19. The summed E-state index contributed by atoms with van der Waals surface area (Å²) in [5.74, 6) is 0. The molecule has 1 amide bonds. The summed E-state index contributed by atoms with van der Waals surface area (Å²) in [7, 11) is 0. The Bertz CT molecular complexity index is 200. The van der Waals surface area contributed by atoms with Gasteiger partial charge in [-0.15, -0.1) is 0 Å². The van der Waals surface area contributed by atoms with Crippen molar-refractivity contribution in [1.82, 2.24) is 5.32 Å². The molecule has 1 aliphatic carbocycles. The number of carbonyl (C=O) groups excluding carboxylic acids is 1. The first kappa shape index (κ1) is 14.3. The van der Waals surface area contributed by atoms with Gasteiger partial charge in [-0.05, 0) is 38.6 Å². The third kappa shape index (κ3) is 7.21. The highest BCUT2D eigenvalue weighted by Crippen LogP contribution is 2.19. The van der Waals surface area contributed by atoms with Crippen molar-refractivity contribution in [3.63, 3.8) is 0 Å².